The smallest absolute Gasteiger partial charge is 0.303 e. The van der Waals surface area contributed by atoms with E-state index in [9.17, 15) is 9.59 Å². The first-order valence-corrected chi connectivity index (χ1v) is 3.34. The molecule has 0 saturated carbocycles. The number of carbonyl (C=O) groups is 1. The van der Waals surface area contributed by atoms with Crippen LogP contribution in [0.1, 0.15) is 32.1 Å². The fraction of sp³-hybridized carbons (Fsp3) is 0.714. The van der Waals surface area contributed by atoms with E-state index in [1.807, 2.05) is 0 Å². The van der Waals surface area contributed by atoms with Gasteiger partial charge in [-0.25, -0.2) is 0 Å². The maximum Gasteiger partial charge on any atom is 0.303 e. The first kappa shape index (κ1) is 9.14. The molecule has 0 rings (SSSR count). The first-order valence-electron chi connectivity index (χ1n) is 3.34. The van der Waals surface area contributed by atoms with Crippen LogP contribution in [0.3, 0.4) is 0 Å². The lowest BCUT2D eigenvalue weighted by Gasteiger charge is -1.92. The Bertz CT molecular complexity index is 109. The molecule has 0 unspecified atom stereocenters. The standard InChI is InChI=1S/C7H11O3/c8-6-4-2-1-3-5-7(9)10/h1-5H2,(H,9,10). The molecule has 0 heterocycles. The zero-order valence-electron chi connectivity index (χ0n) is 5.80. The average molecular weight is 143 g/mol. The van der Waals surface area contributed by atoms with Gasteiger partial charge in [-0.3, -0.25) is 9.59 Å². The minimum atomic E-state index is -0.768. The topological polar surface area (TPSA) is 54.4 Å². The van der Waals surface area contributed by atoms with Crippen LogP contribution in [0.25, 0.3) is 0 Å². The predicted molar refractivity (Wildman–Crippen MR) is 36.4 cm³/mol. The van der Waals surface area contributed by atoms with Gasteiger partial charge >= 0.3 is 5.97 Å². The summed E-state index contributed by atoms with van der Waals surface area (Å²) in [5.41, 5.74) is 0. The van der Waals surface area contributed by atoms with E-state index >= 15 is 0 Å². The lowest BCUT2D eigenvalue weighted by Crippen LogP contribution is -1.93. The van der Waals surface area contributed by atoms with Gasteiger partial charge in [0.05, 0.1) is 0 Å². The van der Waals surface area contributed by atoms with Crippen LogP contribution in [0.2, 0.25) is 0 Å². The van der Waals surface area contributed by atoms with Gasteiger partial charge in [-0.15, -0.1) is 0 Å². The summed E-state index contributed by atoms with van der Waals surface area (Å²) in [6, 6.07) is 0. The fourth-order valence-corrected chi connectivity index (χ4v) is 0.650. The number of rotatable bonds is 6. The van der Waals surface area contributed by atoms with Gasteiger partial charge in [-0.1, -0.05) is 6.42 Å². The van der Waals surface area contributed by atoms with Crippen molar-refractivity contribution in [3.05, 3.63) is 0 Å². The van der Waals surface area contributed by atoms with Crippen molar-refractivity contribution in [3.63, 3.8) is 0 Å². The first-order chi connectivity index (χ1) is 4.77. The molecule has 1 radical (unpaired) electrons. The monoisotopic (exact) mass is 143 g/mol. The van der Waals surface area contributed by atoms with Crippen LogP contribution in [0.5, 0.6) is 0 Å². The number of hydrogen-bond acceptors (Lipinski definition) is 2. The average Bonchev–Trinajstić information content (AvgIpc) is 1.87. The van der Waals surface area contributed by atoms with Crippen molar-refractivity contribution in [1.29, 1.82) is 0 Å². The number of carboxylic acids is 1. The minimum Gasteiger partial charge on any atom is -0.481 e. The van der Waals surface area contributed by atoms with Crippen LogP contribution in [0.15, 0.2) is 0 Å². The van der Waals surface area contributed by atoms with E-state index in [0.717, 1.165) is 12.8 Å². The molecule has 1 N–H and O–H groups in total. The molecule has 0 aromatic carbocycles. The maximum absolute atomic E-state index is 9.95. The van der Waals surface area contributed by atoms with Crippen molar-refractivity contribution < 1.29 is 14.7 Å². The second kappa shape index (κ2) is 6.26. The lowest BCUT2D eigenvalue weighted by atomic mass is 10.1. The highest BCUT2D eigenvalue weighted by atomic mass is 16.4. The van der Waals surface area contributed by atoms with Crippen molar-refractivity contribution in [1.82, 2.24) is 0 Å². The summed E-state index contributed by atoms with van der Waals surface area (Å²) in [7, 11) is 0. The second-order valence-electron chi connectivity index (χ2n) is 2.10. The third-order valence-electron chi connectivity index (χ3n) is 1.17. The van der Waals surface area contributed by atoms with Crippen molar-refractivity contribution >= 4 is 12.3 Å². The highest BCUT2D eigenvalue weighted by molar-refractivity contribution is 5.66. The SMILES string of the molecule is O=[C]CCCCCC(=O)O. The maximum atomic E-state index is 9.95. The zero-order valence-corrected chi connectivity index (χ0v) is 5.80. The molecule has 0 fully saturated rings. The highest BCUT2D eigenvalue weighted by Gasteiger charge is 1.95. The van der Waals surface area contributed by atoms with Gasteiger partial charge in [-0.2, -0.15) is 0 Å². The Morgan fingerprint density at radius 1 is 1.30 bits per heavy atom. The second-order valence-corrected chi connectivity index (χ2v) is 2.10. The normalized spacial score (nSPS) is 9.20. The van der Waals surface area contributed by atoms with Crippen LogP contribution in [-0.2, 0) is 9.59 Å². The molecular weight excluding hydrogens is 132 g/mol. The van der Waals surface area contributed by atoms with Crippen molar-refractivity contribution in [2.45, 2.75) is 32.1 Å². The van der Waals surface area contributed by atoms with Crippen LogP contribution < -0.4 is 0 Å². The van der Waals surface area contributed by atoms with Crippen LogP contribution >= 0.6 is 0 Å². The Kier molecular flexibility index (Phi) is 5.72. The summed E-state index contributed by atoms with van der Waals surface area (Å²) in [5, 5.41) is 8.19. The van der Waals surface area contributed by atoms with Crippen molar-refractivity contribution in [2.24, 2.45) is 0 Å². The van der Waals surface area contributed by atoms with E-state index in [1.54, 1.807) is 6.29 Å². The number of carbonyl (C=O) groups excluding carboxylic acids is 1. The van der Waals surface area contributed by atoms with E-state index in [0.29, 0.717) is 12.8 Å². The summed E-state index contributed by atoms with van der Waals surface area (Å²) in [6.07, 6.45) is 4.63. The van der Waals surface area contributed by atoms with Crippen LogP contribution in [-0.4, -0.2) is 17.4 Å². The summed E-state index contributed by atoms with van der Waals surface area (Å²) >= 11 is 0. The fourth-order valence-electron chi connectivity index (χ4n) is 0.650. The third kappa shape index (κ3) is 7.14. The molecule has 0 aliphatic carbocycles. The molecule has 3 heteroatoms. The molecule has 0 spiro atoms. The molecule has 57 valence electrons. The molecule has 3 nitrogen and oxygen atoms in total. The molecular formula is C7H11O3. The Morgan fingerprint density at radius 2 is 2.00 bits per heavy atom. The number of unbranched alkanes of at least 4 members (excludes halogenated alkanes) is 3. The highest BCUT2D eigenvalue weighted by Crippen LogP contribution is 2.00. The molecule has 0 aromatic rings. The molecule has 0 atom stereocenters. The molecule has 0 aliphatic rings. The Labute approximate surface area is 60.0 Å². The third-order valence-corrected chi connectivity index (χ3v) is 1.17. The van der Waals surface area contributed by atoms with E-state index < -0.39 is 5.97 Å². The molecule has 10 heavy (non-hydrogen) atoms. The quantitative estimate of drug-likeness (QED) is 0.567. The summed E-state index contributed by atoms with van der Waals surface area (Å²) in [5.74, 6) is -0.768. The minimum absolute atomic E-state index is 0.207. The van der Waals surface area contributed by atoms with Crippen LogP contribution in [0.4, 0.5) is 0 Å². The lowest BCUT2D eigenvalue weighted by molar-refractivity contribution is -0.137. The summed E-state index contributed by atoms with van der Waals surface area (Å²) in [4.78, 5) is 19.6. The van der Waals surface area contributed by atoms with Gasteiger partial charge in [0.25, 0.3) is 0 Å². The molecule has 0 aliphatic heterocycles. The molecule has 0 amide bonds. The molecule has 0 saturated heterocycles. The largest absolute Gasteiger partial charge is 0.481 e. The van der Waals surface area contributed by atoms with E-state index in [1.165, 1.54) is 0 Å². The number of aliphatic carboxylic acids is 1. The van der Waals surface area contributed by atoms with Gasteiger partial charge in [0.15, 0.2) is 6.29 Å². The van der Waals surface area contributed by atoms with Gasteiger partial charge in [0.2, 0.25) is 0 Å². The van der Waals surface area contributed by atoms with Gasteiger partial charge in [-0.05, 0) is 12.8 Å². The van der Waals surface area contributed by atoms with Gasteiger partial charge < -0.3 is 5.11 Å². The number of carboxylic acid groups (broad SMARTS) is 1. The number of hydrogen-bond donors (Lipinski definition) is 1. The van der Waals surface area contributed by atoms with Gasteiger partial charge in [0, 0.05) is 12.8 Å². The summed E-state index contributed by atoms with van der Waals surface area (Å²) in [6.45, 7) is 0. The molecule has 0 bridgehead atoms. The van der Waals surface area contributed by atoms with E-state index in [-0.39, 0.29) is 6.42 Å². The Morgan fingerprint density at radius 3 is 2.50 bits per heavy atom. The Balaban J connectivity index is 2.90. The van der Waals surface area contributed by atoms with E-state index in [2.05, 4.69) is 0 Å². The van der Waals surface area contributed by atoms with E-state index in [4.69, 9.17) is 5.11 Å². The molecule has 0 aromatic heterocycles. The van der Waals surface area contributed by atoms with Gasteiger partial charge in [0.1, 0.15) is 0 Å². The zero-order chi connectivity index (χ0) is 7.82. The van der Waals surface area contributed by atoms with Crippen molar-refractivity contribution in [2.75, 3.05) is 0 Å². The Hall–Kier alpha value is -0.860. The predicted octanol–water partition coefficient (Wildman–Crippen LogP) is 1.13. The summed E-state index contributed by atoms with van der Waals surface area (Å²) < 4.78 is 0. The van der Waals surface area contributed by atoms with Crippen LogP contribution in [0, 0.1) is 0 Å². The van der Waals surface area contributed by atoms with Crippen molar-refractivity contribution in [3.8, 4) is 0 Å².